The second kappa shape index (κ2) is 5.05. The maximum absolute atomic E-state index is 9.97. The van der Waals surface area contributed by atoms with Crippen molar-refractivity contribution in [3.8, 4) is 0 Å². The van der Waals surface area contributed by atoms with Gasteiger partial charge in [0, 0.05) is 6.20 Å². The summed E-state index contributed by atoms with van der Waals surface area (Å²) in [5.74, 6) is 5.62. The fourth-order valence-electron chi connectivity index (χ4n) is 2.28. The normalized spacial score (nSPS) is 29.1. The van der Waals surface area contributed by atoms with Crippen LogP contribution in [-0.2, 0) is 4.74 Å². The molecule has 8 N–H and O–H groups in total. The van der Waals surface area contributed by atoms with Crippen molar-refractivity contribution in [2.75, 3.05) is 17.8 Å². The van der Waals surface area contributed by atoms with Gasteiger partial charge >= 0.3 is 0 Å². The van der Waals surface area contributed by atoms with Gasteiger partial charge in [0.05, 0.1) is 12.0 Å². The molecule has 1 aliphatic heterocycles. The number of hydrogen-bond donors (Lipinski definition) is 6. The lowest BCUT2D eigenvalue weighted by molar-refractivity contribution is -0.0583. The summed E-state index contributed by atoms with van der Waals surface area (Å²) in [6, 6.07) is 0. The molecule has 2 aromatic rings. The summed E-state index contributed by atoms with van der Waals surface area (Å²) in [5.41, 5.74) is 8.17. The van der Waals surface area contributed by atoms with Gasteiger partial charge in [0.25, 0.3) is 0 Å². The second-order valence-corrected chi connectivity index (χ2v) is 4.65. The Balaban J connectivity index is 2.02. The molecule has 1 saturated heterocycles. The minimum absolute atomic E-state index is 0.0122. The van der Waals surface area contributed by atoms with Crippen molar-refractivity contribution in [2.24, 2.45) is 5.84 Å². The molecule has 11 nitrogen and oxygen atoms in total. The van der Waals surface area contributed by atoms with Crippen LogP contribution in [0.25, 0.3) is 11.0 Å². The van der Waals surface area contributed by atoms with Crippen LogP contribution in [0.1, 0.15) is 6.23 Å². The van der Waals surface area contributed by atoms with Crippen molar-refractivity contribution in [1.82, 2.24) is 19.7 Å². The standard InChI is InChI=1S/C10H15N7O4/c11-10-13-7(15-12)3-1-17(16-8(3)14-10)9-6(20)5(19)4(2-18)21-9/h1,4-6,9,18-20H,2,12H2,(H3,11,13,14,15,16)/t4-,5-,6-,9-/m1/s1. The Bertz CT molecular complexity index is 662. The summed E-state index contributed by atoms with van der Waals surface area (Å²) in [6.45, 7) is -0.419. The van der Waals surface area contributed by atoms with Crippen LogP contribution in [0.2, 0.25) is 0 Å². The topological polar surface area (TPSA) is 178 Å². The second-order valence-electron chi connectivity index (χ2n) is 4.65. The zero-order valence-electron chi connectivity index (χ0n) is 10.8. The van der Waals surface area contributed by atoms with Gasteiger partial charge in [0.1, 0.15) is 18.3 Å². The molecule has 21 heavy (non-hydrogen) atoms. The number of nitrogens with zero attached hydrogens (tertiary/aromatic N) is 4. The van der Waals surface area contributed by atoms with Crippen LogP contribution in [0, 0.1) is 0 Å². The fourth-order valence-corrected chi connectivity index (χ4v) is 2.28. The van der Waals surface area contributed by atoms with Crippen LogP contribution >= 0.6 is 0 Å². The third-order valence-corrected chi connectivity index (χ3v) is 3.33. The predicted octanol–water partition coefficient (Wildman–Crippen LogP) is -2.69. The number of aromatic nitrogens is 4. The number of nitrogens with one attached hydrogen (secondary N) is 1. The van der Waals surface area contributed by atoms with Gasteiger partial charge in [-0.15, -0.1) is 5.10 Å². The minimum atomic E-state index is -1.24. The number of aliphatic hydroxyl groups excluding tert-OH is 3. The van der Waals surface area contributed by atoms with E-state index in [-0.39, 0.29) is 17.4 Å². The number of rotatable bonds is 3. The molecule has 0 unspecified atom stereocenters. The van der Waals surface area contributed by atoms with Crippen molar-refractivity contribution in [1.29, 1.82) is 0 Å². The van der Waals surface area contributed by atoms with E-state index < -0.39 is 31.1 Å². The number of nitrogens with two attached hydrogens (primary N) is 2. The smallest absolute Gasteiger partial charge is 0.224 e. The van der Waals surface area contributed by atoms with Gasteiger partial charge in [0.2, 0.25) is 5.95 Å². The first-order valence-corrected chi connectivity index (χ1v) is 6.16. The van der Waals surface area contributed by atoms with E-state index in [2.05, 4.69) is 20.5 Å². The van der Waals surface area contributed by atoms with Crippen LogP contribution < -0.4 is 17.0 Å². The zero-order valence-corrected chi connectivity index (χ0v) is 10.8. The monoisotopic (exact) mass is 297 g/mol. The number of ether oxygens (including phenoxy) is 1. The number of hydrogen-bond acceptors (Lipinski definition) is 10. The largest absolute Gasteiger partial charge is 0.394 e. The quantitative estimate of drug-likeness (QED) is 0.258. The van der Waals surface area contributed by atoms with E-state index in [0.717, 1.165) is 0 Å². The third kappa shape index (κ3) is 2.16. The molecular weight excluding hydrogens is 282 g/mol. The SMILES string of the molecule is NNc1nc(N)nc2nn([C@@H]3O[C@H](CO)[C@@H](O)[C@H]3O)cc12. The van der Waals surface area contributed by atoms with Crippen LogP contribution in [0.15, 0.2) is 6.20 Å². The van der Waals surface area contributed by atoms with E-state index in [1.54, 1.807) is 0 Å². The van der Waals surface area contributed by atoms with Crippen molar-refractivity contribution in [2.45, 2.75) is 24.5 Å². The molecule has 1 aliphatic rings. The van der Waals surface area contributed by atoms with Crippen molar-refractivity contribution in [3.63, 3.8) is 0 Å². The van der Waals surface area contributed by atoms with E-state index in [9.17, 15) is 10.2 Å². The van der Waals surface area contributed by atoms with E-state index in [4.69, 9.17) is 21.4 Å². The highest BCUT2D eigenvalue weighted by molar-refractivity contribution is 5.86. The third-order valence-electron chi connectivity index (χ3n) is 3.33. The Hall–Kier alpha value is -2.05. The summed E-state index contributed by atoms with van der Waals surface area (Å²) < 4.78 is 6.65. The first kappa shape index (κ1) is 13.9. The van der Waals surface area contributed by atoms with Gasteiger partial charge in [-0.2, -0.15) is 9.97 Å². The first-order chi connectivity index (χ1) is 10.0. The molecule has 0 saturated carbocycles. The maximum atomic E-state index is 9.97. The van der Waals surface area contributed by atoms with E-state index >= 15 is 0 Å². The summed E-state index contributed by atoms with van der Waals surface area (Å²) in [7, 11) is 0. The highest BCUT2D eigenvalue weighted by Gasteiger charge is 2.43. The zero-order chi connectivity index (χ0) is 15.1. The van der Waals surface area contributed by atoms with Crippen LogP contribution in [0.5, 0.6) is 0 Å². The summed E-state index contributed by atoms with van der Waals surface area (Å²) in [4.78, 5) is 7.86. The molecule has 4 atom stereocenters. The van der Waals surface area contributed by atoms with Gasteiger partial charge in [-0.05, 0) is 0 Å². The van der Waals surface area contributed by atoms with E-state index in [1.807, 2.05) is 0 Å². The molecular formula is C10H15N7O4. The number of anilines is 2. The van der Waals surface area contributed by atoms with Gasteiger partial charge in [-0.3, -0.25) is 0 Å². The lowest BCUT2D eigenvalue weighted by atomic mass is 10.1. The van der Waals surface area contributed by atoms with E-state index in [0.29, 0.717) is 5.39 Å². The van der Waals surface area contributed by atoms with Crippen LogP contribution in [-0.4, -0.2) is 60.0 Å². The van der Waals surface area contributed by atoms with Crippen LogP contribution in [0.3, 0.4) is 0 Å². The lowest BCUT2D eigenvalue weighted by Gasteiger charge is -2.14. The lowest BCUT2D eigenvalue weighted by Crippen LogP contribution is -2.33. The minimum Gasteiger partial charge on any atom is -0.394 e. The Morgan fingerprint density at radius 3 is 2.71 bits per heavy atom. The average molecular weight is 297 g/mol. The highest BCUT2D eigenvalue weighted by atomic mass is 16.6. The van der Waals surface area contributed by atoms with Crippen molar-refractivity contribution in [3.05, 3.63) is 6.20 Å². The molecule has 2 aromatic heterocycles. The van der Waals surface area contributed by atoms with Crippen LogP contribution in [0.4, 0.5) is 11.8 Å². The van der Waals surface area contributed by atoms with Gasteiger partial charge < -0.3 is 31.2 Å². The van der Waals surface area contributed by atoms with Crippen molar-refractivity contribution >= 4 is 22.8 Å². The molecule has 0 bridgehead atoms. The summed E-state index contributed by atoms with van der Waals surface area (Å²) in [5, 5.41) is 33.4. The molecule has 0 spiro atoms. The van der Waals surface area contributed by atoms with Gasteiger partial charge in [-0.25, -0.2) is 10.5 Å². The van der Waals surface area contributed by atoms with E-state index in [1.165, 1.54) is 10.9 Å². The number of aliphatic hydroxyl groups is 3. The molecule has 0 radical (unpaired) electrons. The fraction of sp³-hybridized carbons (Fsp3) is 0.500. The summed E-state index contributed by atoms with van der Waals surface area (Å²) in [6.07, 6.45) is -2.80. The number of nitrogen functional groups attached to an aromatic ring is 2. The first-order valence-electron chi connectivity index (χ1n) is 6.16. The Morgan fingerprint density at radius 2 is 2.10 bits per heavy atom. The molecule has 0 amide bonds. The Labute approximate surface area is 118 Å². The van der Waals surface area contributed by atoms with Crippen molar-refractivity contribution < 1.29 is 20.1 Å². The molecule has 0 aromatic carbocycles. The maximum Gasteiger partial charge on any atom is 0.224 e. The Morgan fingerprint density at radius 1 is 1.33 bits per heavy atom. The molecule has 0 aliphatic carbocycles. The predicted molar refractivity (Wildman–Crippen MR) is 70.6 cm³/mol. The molecule has 114 valence electrons. The molecule has 11 heteroatoms. The number of hydrazine groups is 1. The van der Waals surface area contributed by atoms with Gasteiger partial charge in [-0.1, -0.05) is 0 Å². The summed E-state index contributed by atoms with van der Waals surface area (Å²) >= 11 is 0. The highest BCUT2D eigenvalue weighted by Crippen LogP contribution is 2.30. The average Bonchev–Trinajstić information content (AvgIpc) is 3.00. The Kier molecular flexibility index (Phi) is 3.35. The van der Waals surface area contributed by atoms with Gasteiger partial charge in [0.15, 0.2) is 17.7 Å². The molecule has 1 fully saturated rings. The number of fused-ring (bicyclic) bond motifs is 1. The molecule has 3 heterocycles. The molecule has 3 rings (SSSR count).